The molecule has 8 nitrogen and oxygen atoms in total. The lowest BCUT2D eigenvalue weighted by Crippen LogP contribution is -2.29. The van der Waals surface area contributed by atoms with E-state index in [-0.39, 0.29) is 17.9 Å². The van der Waals surface area contributed by atoms with E-state index >= 15 is 0 Å². The van der Waals surface area contributed by atoms with Gasteiger partial charge in [-0.05, 0) is 47.5 Å². The Morgan fingerprint density at radius 1 is 1.09 bits per heavy atom. The molecule has 3 heterocycles. The van der Waals surface area contributed by atoms with Gasteiger partial charge in [0.2, 0.25) is 0 Å². The molecule has 1 N–H and O–H groups in total. The number of rotatable bonds is 5. The lowest BCUT2D eigenvalue weighted by atomic mass is 9.95. The Kier molecular flexibility index (Phi) is 5.63. The second-order valence-electron chi connectivity index (χ2n) is 7.92. The second kappa shape index (κ2) is 8.90. The number of carbonyl (C=O) groups excluding carboxylic acids is 2. The maximum absolute atomic E-state index is 13.2. The summed E-state index contributed by atoms with van der Waals surface area (Å²) in [6.07, 6.45) is 3.28. The molecule has 0 aliphatic carbocycles. The maximum Gasteiger partial charge on any atom is 0.295 e. The van der Waals surface area contributed by atoms with Crippen molar-refractivity contribution in [3.8, 4) is 17.2 Å². The van der Waals surface area contributed by atoms with Crippen LogP contribution < -0.4 is 14.2 Å². The SMILES string of the molecule is COc1ccc([C@H]2C(=C(O)c3ccc4c(c3)OCCO4)C(=O)C(=O)N2Cc2cccnc2)cc1. The van der Waals surface area contributed by atoms with Crippen molar-refractivity contribution in [3.05, 3.63) is 89.3 Å². The van der Waals surface area contributed by atoms with E-state index in [1.54, 1.807) is 68.0 Å². The Bertz CT molecular complexity index is 1270. The van der Waals surface area contributed by atoms with Crippen LogP contribution in [0.4, 0.5) is 0 Å². The Balaban J connectivity index is 1.62. The number of benzene rings is 2. The van der Waals surface area contributed by atoms with E-state index < -0.39 is 17.7 Å². The summed E-state index contributed by atoms with van der Waals surface area (Å²) in [5.41, 5.74) is 1.81. The van der Waals surface area contributed by atoms with Gasteiger partial charge in [0.15, 0.2) is 11.5 Å². The number of fused-ring (bicyclic) bond motifs is 1. The standard InChI is InChI=1S/C26H22N2O6/c1-32-19-7-4-17(5-8-19)23-22(24(29)18-6-9-20-21(13-18)34-12-11-33-20)25(30)26(31)28(23)15-16-3-2-10-27-14-16/h2-10,13-14,23,29H,11-12,15H2,1H3/t23-/m0/s1. The molecule has 1 saturated heterocycles. The van der Waals surface area contributed by atoms with E-state index in [9.17, 15) is 14.7 Å². The molecule has 0 unspecified atom stereocenters. The van der Waals surface area contributed by atoms with Gasteiger partial charge < -0.3 is 24.2 Å². The fraction of sp³-hybridized carbons (Fsp3) is 0.192. The van der Waals surface area contributed by atoms with E-state index in [0.29, 0.717) is 41.6 Å². The first kappa shape index (κ1) is 21.5. The maximum atomic E-state index is 13.2. The van der Waals surface area contributed by atoms with Gasteiger partial charge in [0.05, 0.1) is 18.7 Å². The lowest BCUT2D eigenvalue weighted by molar-refractivity contribution is -0.140. The Morgan fingerprint density at radius 3 is 2.56 bits per heavy atom. The van der Waals surface area contributed by atoms with Crippen LogP contribution in [0.5, 0.6) is 17.2 Å². The highest BCUT2D eigenvalue weighted by molar-refractivity contribution is 6.46. The van der Waals surface area contributed by atoms with Crippen molar-refractivity contribution in [3.63, 3.8) is 0 Å². The van der Waals surface area contributed by atoms with E-state index in [2.05, 4.69) is 4.98 Å². The number of likely N-dealkylation sites (tertiary alicyclic amines) is 1. The van der Waals surface area contributed by atoms with Crippen LogP contribution in [0.25, 0.3) is 5.76 Å². The molecule has 1 aromatic heterocycles. The van der Waals surface area contributed by atoms with Crippen LogP contribution in [-0.2, 0) is 16.1 Å². The van der Waals surface area contributed by atoms with Crippen LogP contribution in [0.3, 0.4) is 0 Å². The largest absolute Gasteiger partial charge is 0.507 e. The van der Waals surface area contributed by atoms with Crippen molar-refractivity contribution < 1.29 is 28.9 Å². The first-order valence-electron chi connectivity index (χ1n) is 10.8. The number of amides is 1. The number of Topliss-reactive ketones (excluding diaryl/α,β-unsaturated/α-hetero) is 1. The molecule has 8 heteroatoms. The van der Waals surface area contributed by atoms with Gasteiger partial charge in [-0.2, -0.15) is 0 Å². The Labute approximate surface area is 196 Å². The lowest BCUT2D eigenvalue weighted by Gasteiger charge is -2.25. The number of carbonyl (C=O) groups is 2. The number of aromatic nitrogens is 1. The summed E-state index contributed by atoms with van der Waals surface area (Å²) in [5.74, 6) is -0.0436. The van der Waals surface area contributed by atoms with Crippen molar-refractivity contribution in [2.24, 2.45) is 0 Å². The predicted molar refractivity (Wildman–Crippen MR) is 123 cm³/mol. The van der Waals surface area contributed by atoms with Crippen molar-refractivity contribution >= 4 is 17.4 Å². The highest BCUT2D eigenvalue weighted by atomic mass is 16.6. The summed E-state index contributed by atoms with van der Waals surface area (Å²) in [7, 11) is 1.56. The minimum absolute atomic E-state index is 0.00994. The van der Waals surface area contributed by atoms with Gasteiger partial charge in [-0.25, -0.2) is 0 Å². The third-order valence-corrected chi connectivity index (χ3v) is 5.86. The van der Waals surface area contributed by atoms with Gasteiger partial charge in [-0.3, -0.25) is 14.6 Å². The highest BCUT2D eigenvalue weighted by Crippen LogP contribution is 2.42. The summed E-state index contributed by atoms with van der Waals surface area (Å²) in [5, 5.41) is 11.3. The molecule has 2 aliphatic heterocycles. The van der Waals surface area contributed by atoms with Gasteiger partial charge in [0, 0.05) is 24.5 Å². The second-order valence-corrected chi connectivity index (χ2v) is 7.92. The zero-order chi connectivity index (χ0) is 23.7. The molecule has 0 bridgehead atoms. The average molecular weight is 458 g/mol. The summed E-state index contributed by atoms with van der Waals surface area (Å²) < 4.78 is 16.4. The van der Waals surface area contributed by atoms with Crippen molar-refractivity contribution in [2.45, 2.75) is 12.6 Å². The van der Waals surface area contributed by atoms with Crippen LogP contribution in [0, 0.1) is 0 Å². The van der Waals surface area contributed by atoms with Gasteiger partial charge in [-0.1, -0.05) is 18.2 Å². The fourth-order valence-corrected chi connectivity index (χ4v) is 4.21. The van der Waals surface area contributed by atoms with Crippen LogP contribution in [0.2, 0.25) is 0 Å². The van der Waals surface area contributed by atoms with Crippen molar-refractivity contribution in [1.82, 2.24) is 9.88 Å². The smallest absolute Gasteiger partial charge is 0.295 e. The van der Waals surface area contributed by atoms with Gasteiger partial charge in [0.25, 0.3) is 11.7 Å². The molecule has 0 radical (unpaired) electrons. The Hall–Kier alpha value is -4.33. The summed E-state index contributed by atoms with van der Waals surface area (Å²) in [4.78, 5) is 31.9. The molecule has 5 rings (SSSR count). The van der Waals surface area contributed by atoms with Gasteiger partial charge in [0.1, 0.15) is 24.7 Å². The van der Waals surface area contributed by atoms with E-state index in [0.717, 1.165) is 5.56 Å². The first-order valence-corrected chi connectivity index (χ1v) is 10.8. The molecule has 3 aromatic rings. The molecule has 2 aliphatic rings. The highest BCUT2D eigenvalue weighted by Gasteiger charge is 2.46. The first-order chi connectivity index (χ1) is 16.6. The number of nitrogens with zero attached hydrogens (tertiary/aromatic N) is 2. The van der Waals surface area contributed by atoms with Crippen LogP contribution in [0.1, 0.15) is 22.7 Å². The molecule has 34 heavy (non-hydrogen) atoms. The number of aliphatic hydroxyl groups excluding tert-OH is 1. The molecular weight excluding hydrogens is 436 g/mol. The zero-order valence-electron chi connectivity index (χ0n) is 18.4. The summed E-state index contributed by atoms with van der Waals surface area (Å²) in [6.45, 7) is 0.987. The number of aliphatic hydroxyl groups is 1. The minimum Gasteiger partial charge on any atom is -0.507 e. The number of ether oxygens (including phenoxy) is 3. The number of hydrogen-bond acceptors (Lipinski definition) is 7. The van der Waals surface area contributed by atoms with Crippen molar-refractivity contribution in [1.29, 1.82) is 0 Å². The minimum atomic E-state index is -0.792. The monoisotopic (exact) mass is 458 g/mol. The molecule has 0 spiro atoms. The molecule has 1 atom stereocenters. The number of methoxy groups -OCH3 is 1. The number of pyridine rings is 1. The van der Waals surface area contributed by atoms with Crippen molar-refractivity contribution in [2.75, 3.05) is 20.3 Å². The van der Waals surface area contributed by atoms with Crippen LogP contribution in [0.15, 0.2) is 72.6 Å². The van der Waals surface area contributed by atoms with E-state index in [1.165, 1.54) is 4.90 Å². The summed E-state index contributed by atoms with van der Waals surface area (Å²) in [6, 6.07) is 14.8. The Morgan fingerprint density at radius 2 is 1.85 bits per heavy atom. The van der Waals surface area contributed by atoms with Crippen LogP contribution in [-0.4, -0.2) is 47.0 Å². The molecule has 172 valence electrons. The number of hydrogen-bond donors (Lipinski definition) is 1. The molecule has 1 amide bonds. The third kappa shape index (κ3) is 3.83. The quantitative estimate of drug-likeness (QED) is 0.355. The molecular formula is C26H22N2O6. The normalized spacial score (nSPS) is 18.7. The average Bonchev–Trinajstić information content (AvgIpc) is 3.13. The van der Waals surface area contributed by atoms with Crippen LogP contribution >= 0.6 is 0 Å². The molecule has 2 aromatic carbocycles. The third-order valence-electron chi connectivity index (χ3n) is 5.86. The molecule has 0 saturated carbocycles. The van der Waals surface area contributed by atoms with E-state index in [1.807, 2.05) is 6.07 Å². The van der Waals surface area contributed by atoms with Gasteiger partial charge in [-0.15, -0.1) is 0 Å². The topological polar surface area (TPSA) is 98.2 Å². The number of ketones is 1. The fourth-order valence-electron chi connectivity index (χ4n) is 4.21. The zero-order valence-corrected chi connectivity index (χ0v) is 18.4. The summed E-state index contributed by atoms with van der Waals surface area (Å²) >= 11 is 0. The van der Waals surface area contributed by atoms with Gasteiger partial charge >= 0.3 is 0 Å². The predicted octanol–water partition coefficient (Wildman–Crippen LogP) is 3.48. The van der Waals surface area contributed by atoms with E-state index in [4.69, 9.17) is 14.2 Å². The molecule has 1 fully saturated rings.